The number of carbonyl (C=O) groups excluding carboxylic acids is 1. The summed E-state index contributed by atoms with van der Waals surface area (Å²) >= 11 is 0. The zero-order chi connectivity index (χ0) is 16.1. The lowest BCUT2D eigenvalue weighted by molar-refractivity contribution is -0.117. The summed E-state index contributed by atoms with van der Waals surface area (Å²) in [5, 5.41) is 2.84. The second kappa shape index (κ2) is 7.07. The van der Waals surface area contributed by atoms with E-state index in [0.29, 0.717) is 25.5 Å². The quantitative estimate of drug-likeness (QED) is 0.702. The van der Waals surface area contributed by atoms with Gasteiger partial charge >= 0.3 is 0 Å². The van der Waals surface area contributed by atoms with Crippen molar-refractivity contribution in [1.82, 2.24) is 4.98 Å². The number of oxazole rings is 1. The van der Waals surface area contributed by atoms with E-state index in [0.717, 1.165) is 22.4 Å². The molecule has 0 saturated carbocycles. The van der Waals surface area contributed by atoms with Crippen LogP contribution in [0.25, 0.3) is 22.6 Å². The first-order valence-corrected chi connectivity index (χ1v) is 7.60. The summed E-state index contributed by atoms with van der Waals surface area (Å²) in [5.74, 6) is 0.508. The third kappa shape index (κ3) is 3.76. The van der Waals surface area contributed by atoms with Crippen LogP contribution < -0.4 is 5.32 Å². The van der Waals surface area contributed by atoms with Gasteiger partial charge in [-0.05, 0) is 43.3 Å². The highest BCUT2D eigenvalue weighted by Crippen LogP contribution is 2.25. The van der Waals surface area contributed by atoms with E-state index in [4.69, 9.17) is 9.15 Å². The van der Waals surface area contributed by atoms with Gasteiger partial charge < -0.3 is 14.5 Å². The average molecular weight is 310 g/mol. The van der Waals surface area contributed by atoms with E-state index < -0.39 is 0 Å². The fourth-order valence-electron chi connectivity index (χ4n) is 2.22. The topological polar surface area (TPSA) is 64.4 Å². The Hall–Kier alpha value is -2.66. The molecule has 0 aliphatic carbocycles. The van der Waals surface area contributed by atoms with Crippen molar-refractivity contribution in [2.24, 2.45) is 0 Å². The molecular formula is C18H18N2O3. The Morgan fingerprint density at radius 1 is 1.17 bits per heavy atom. The molecule has 23 heavy (non-hydrogen) atoms. The van der Waals surface area contributed by atoms with Gasteiger partial charge in [0.15, 0.2) is 5.58 Å². The van der Waals surface area contributed by atoms with E-state index in [1.807, 2.05) is 55.5 Å². The van der Waals surface area contributed by atoms with Gasteiger partial charge in [0.2, 0.25) is 11.8 Å². The van der Waals surface area contributed by atoms with Gasteiger partial charge in [0.1, 0.15) is 5.52 Å². The number of hydrogen-bond acceptors (Lipinski definition) is 4. The third-order valence-corrected chi connectivity index (χ3v) is 3.39. The average Bonchev–Trinajstić information content (AvgIpc) is 3.00. The highest BCUT2D eigenvalue weighted by molar-refractivity contribution is 5.91. The number of carbonyl (C=O) groups is 1. The Bertz CT molecular complexity index is 760. The van der Waals surface area contributed by atoms with Gasteiger partial charge in [-0.1, -0.05) is 12.1 Å². The molecule has 3 aromatic rings. The fraction of sp³-hybridized carbons (Fsp3) is 0.222. The number of fused-ring (bicyclic) bond motifs is 1. The molecule has 118 valence electrons. The van der Waals surface area contributed by atoms with Crippen molar-refractivity contribution in [2.75, 3.05) is 18.5 Å². The van der Waals surface area contributed by atoms with Crippen LogP contribution in [0, 0.1) is 0 Å². The lowest BCUT2D eigenvalue weighted by Gasteiger charge is -2.05. The maximum Gasteiger partial charge on any atom is 0.227 e. The number of para-hydroxylation sites is 2. The minimum atomic E-state index is -0.0620. The summed E-state index contributed by atoms with van der Waals surface area (Å²) in [6.45, 7) is 2.96. The summed E-state index contributed by atoms with van der Waals surface area (Å²) in [4.78, 5) is 16.2. The van der Waals surface area contributed by atoms with Crippen LogP contribution in [-0.4, -0.2) is 24.1 Å². The number of anilines is 1. The maximum absolute atomic E-state index is 11.7. The van der Waals surface area contributed by atoms with Crippen molar-refractivity contribution < 1.29 is 13.9 Å². The lowest BCUT2D eigenvalue weighted by Crippen LogP contribution is -2.14. The Labute approximate surface area is 134 Å². The number of aromatic nitrogens is 1. The standard InChI is InChI=1S/C18H18N2O3/c1-2-22-12-11-17(21)19-14-9-7-13(8-10-14)18-20-15-5-3-4-6-16(15)23-18/h3-10H,2,11-12H2,1H3,(H,19,21). The molecule has 1 aromatic heterocycles. The molecule has 1 N–H and O–H groups in total. The molecular weight excluding hydrogens is 292 g/mol. The largest absolute Gasteiger partial charge is 0.436 e. The molecule has 0 atom stereocenters. The Kier molecular flexibility index (Phi) is 4.68. The van der Waals surface area contributed by atoms with Crippen molar-refractivity contribution >= 4 is 22.7 Å². The van der Waals surface area contributed by atoms with E-state index in [-0.39, 0.29) is 5.91 Å². The van der Waals surface area contributed by atoms with E-state index in [1.165, 1.54) is 0 Å². The molecule has 0 fully saturated rings. The second-order valence-electron chi connectivity index (χ2n) is 5.06. The molecule has 5 nitrogen and oxygen atoms in total. The van der Waals surface area contributed by atoms with Gasteiger partial charge in [-0.15, -0.1) is 0 Å². The van der Waals surface area contributed by atoms with Crippen LogP contribution in [0.5, 0.6) is 0 Å². The van der Waals surface area contributed by atoms with E-state index in [2.05, 4.69) is 10.3 Å². The predicted octanol–water partition coefficient (Wildman–Crippen LogP) is 3.86. The van der Waals surface area contributed by atoms with Crippen LogP contribution in [0.1, 0.15) is 13.3 Å². The van der Waals surface area contributed by atoms with Crippen molar-refractivity contribution in [2.45, 2.75) is 13.3 Å². The van der Waals surface area contributed by atoms with Gasteiger partial charge in [-0.3, -0.25) is 4.79 Å². The smallest absolute Gasteiger partial charge is 0.227 e. The van der Waals surface area contributed by atoms with Crippen molar-refractivity contribution in [3.05, 3.63) is 48.5 Å². The third-order valence-electron chi connectivity index (χ3n) is 3.39. The molecule has 0 saturated heterocycles. The number of rotatable bonds is 6. The summed E-state index contributed by atoms with van der Waals surface area (Å²) in [6, 6.07) is 15.1. The Morgan fingerprint density at radius 2 is 1.96 bits per heavy atom. The number of benzene rings is 2. The van der Waals surface area contributed by atoms with Crippen LogP contribution in [0.2, 0.25) is 0 Å². The van der Waals surface area contributed by atoms with Gasteiger partial charge in [-0.2, -0.15) is 0 Å². The Morgan fingerprint density at radius 3 is 2.70 bits per heavy atom. The number of amides is 1. The van der Waals surface area contributed by atoms with Crippen LogP contribution in [0.15, 0.2) is 52.9 Å². The first-order valence-electron chi connectivity index (χ1n) is 7.60. The van der Waals surface area contributed by atoms with E-state index in [9.17, 15) is 4.79 Å². The summed E-state index contributed by atoms with van der Waals surface area (Å²) in [6.07, 6.45) is 0.348. The molecule has 1 amide bonds. The van der Waals surface area contributed by atoms with Crippen LogP contribution in [0.3, 0.4) is 0 Å². The van der Waals surface area contributed by atoms with Crippen LogP contribution in [-0.2, 0) is 9.53 Å². The number of ether oxygens (including phenoxy) is 1. The fourth-order valence-corrected chi connectivity index (χ4v) is 2.22. The molecule has 2 aromatic carbocycles. The number of nitrogens with one attached hydrogen (secondary N) is 1. The first-order chi connectivity index (χ1) is 11.3. The van der Waals surface area contributed by atoms with Crippen molar-refractivity contribution in [3.63, 3.8) is 0 Å². The normalized spacial score (nSPS) is 10.8. The molecule has 0 unspecified atom stereocenters. The summed E-state index contributed by atoms with van der Waals surface area (Å²) < 4.78 is 10.9. The molecule has 0 aliphatic heterocycles. The van der Waals surface area contributed by atoms with E-state index in [1.54, 1.807) is 0 Å². The number of hydrogen-bond donors (Lipinski definition) is 1. The second-order valence-corrected chi connectivity index (χ2v) is 5.06. The maximum atomic E-state index is 11.7. The minimum absolute atomic E-state index is 0.0620. The zero-order valence-corrected chi connectivity index (χ0v) is 12.9. The zero-order valence-electron chi connectivity index (χ0n) is 12.9. The van der Waals surface area contributed by atoms with Crippen LogP contribution >= 0.6 is 0 Å². The summed E-state index contributed by atoms with van der Waals surface area (Å²) in [5.41, 5.74) is 3.20. The van der Waals surface area contributed by atoms with Gasteiger partial charge in [-0.25, -0.2) is 4.98 Å². The van der Waals surface area contributed by atoms with Crippen molar-refractivity contribution in [1.29, 1.82) is 0 Å². The molecule has 3 rings (SSSR count). The van der Waals surface area contributed by atoms with Crippen LogP contribution in [0.4, 0.5) is 5.69 Å². The highest BCUT2D eigenvalue weighted by atomic mass is 16.5. The van der Waals surface area contributed by atoms with E-state index >= 15 is 0 Å². The van der Waals surface area contributed by atoms with Gasteiger partial charge in [0.05, 0.1) is 13.0 Å². The molecule has 0 spiro atoms. The Balaban J connectivity index is 1.68. The number of nitrogens with zero attached hydrogens (tertiary/aromatic N) is 1. The minimum Gasteiger partial charge on any atom is -0.436 e. The first kappa shape index (κ1) is 15.2. The molecule has 0 bridgehead atoms. The molecule has 0 aliphatic rings. The van der Waals surface area contributed by atoms with Crippen molar-refractivity contribution in [3.8, 4) is 11.5 Å². The molecule has 5 heteroatoms. The lowest BCUT2D eigenvalue weighted by atomic mass is 10.2. The monoisotopic (exact) mass is 310 g/mol. The molecule has 0 radical (unpaired) electrons. The predicted molar refractivity (Wildman–Crippen MR) is 89.2 cm³/mol. The SMILES string of the molecule is CCOCCC(=O)Nc1ccc(-c2nc3ccccc3o2)cc1. The van der Waals surface area contributed by atoms with Gasteiger partial charge in [0.25, 0.3) is 0 Å². The molecule has 1 heterocycles. The highest BCUT2D eigenvalue weighted by Gasteiger charge is 2.08. The van der Waals surface area contributed by atoms with Gasteiger partial charge in [0, 0.05) is 17.9 Å². The summed E-state index contributed by atoms with van der Waals surface area (Å²) in [7, 11) is 0.